The maximum Gasteiger partial charge on any atom is 0.189 e. The van der Waals surface area contributed by atoms with Gasteiger partial charge in [-0.2, -0.15) is 0 Å². The van der Waals surface area contributed by atoms with Gasteiger partial charge in [-0.1, -0.05) is 6.92 Å². The Morgan fingerprint density at radius 1 is 1.16 bits per heavy atom. The van der Waals surface area contributed by atoms with Crippen LogP contribution in [0, 0.1) is 11.8 Å². The Morgan fingerprint density at radius 3 is 2.47 bits per heavy atom. The highest BCUT2D eigenvalue weighted by atomic mass is 35.5. The van der Waals surface area contributed by atoms with E-state index in [9.17, 15) is 4.79 Å². The number of rotatable bonds is 4. The maximum atomic E-state index is 12.4. The quantitative estimate of drug-likeness (QED) is 0.788. The van der Waals surface area contributed by atoms with Crippen LogP contribution < -0.4 is 4.90 Å². The molecule has 1 N–H and O–H groups in total. The molecule has 0 aromatic carbocycles. The number of ketones is 1. The number of carbonyl (C=O) groups is 1. The first-order valence-corrected chi connectivity index (χ1v) is 8.55. The van der Waals surface area contributed by atoms with E-state index >= 15 is 0 Å². The number of carbonyl (C=O) groups excluding carboxylic acids is 1. The lowest BCUT2D eigenvalue weighted by Crippen LogP contribution is -3.17. The molecule has 0 spiro atoms. The molecule has 0 amide bonds. The number of piperidine rings is 1. The molecule has 2 fully saturated rings. The van der Waals surface area contributed by atoms with Crippen LogP contribution >= 0.6 is 11.6 Å². The van der Waals surface area contributed by atoms with Gasteiger partial charge in [0.1, 0.15) is 6.54 Å². The van der Waals surface area contributed by atoms with Gasteiger partial charge < -0.3 is 4.90 Å². The smallest absolute Gasteiger partial charge is 0.189 e. The summed E-state index contributed by atoms with van der Waals surface area (Å²) in [6.07, 6.45) is 8.00. The Kier molecular flexibility index (Phi) is 5.70. The van der Waals surface area contributed by atoms with Crippen molar-refractivity contribution in [2.24, 2.45) is 11.8 Å². The number of alkyl halides is 1. The minimum absolute atomic E-state index is 0.303. The van der Waals surface area contributed by atoms with Crippen LogP contribution in [-0.2, 0) is 4.79 Å². The van der Waals surface area contributed by atoms with E-state index in [0.717, 1.165) is 38.1 Å². The molecule has 1 saturated heterocycles. The van der Waals surface area contributed by atoms with Crippen LogP contribution in [-0.4, -0.2) is 30.3 Å². The Hall–Kier alpha value is -0.0800. The fourth-order valence-electron chi connectivity index (χ4n) is 3.70. The summed E-state index contributed by atoms with van der Waals surface area (Å²) in [7, 11) is 0. The van der Waals surface area contributed by atoms with E-state index in [-0.39, 0.29) is 0 Å². The number of likely N-dealkylation sites (tertiary alicyclic amines) is 1. The van der Waals surface area contributed by atoms with Crippen molar-refractivity contribution < 1.29 is 9.69 Å². The molecular formula is C16H29ClNO+. The third kappa shape index (κ3) is 4.19. The summed E-state index contributed by atoms with van der Waals surface area (Å²) >= 11 is 6.12. The lowest BCUT2D eigenvalue weighted by atomic mass is 9.85. The lowest BCUT2D eigenvalue weighted by Gasteiger charge is -2.35. The van der Waals surface area contributed by atoms with Crippen molar-refractivity contribution in [3.8, 4) is 0 Å². The molecule has 1 aliphatic carbocycles. The fourth-order valence-corrected chi connectivity index (χ4v) is 3.95. The van der Waals surface area contributed by atoms with Crippen LogP contribution in [0.2, 0.25) is 0 Å². The van der Waals surface area contributed by atoms with Crippen LogP contribution in [0.5, 0.6) is 0 Å². The summed E-state index contributed by atoms with van der Waals surface area (Å²) in [5.41, 5.74) is 0. The van der Waals surface area contributed by atoms with E-state index < -0.39 is 0 Å². The SMILES string of the molecule is CCC1CCC(C)[NH+](CC(=O)C2CCC(Cl)CC2)C1. The van der Waals surface area contributed by atoms with Crippen LogP contribution in [0.3, 0.4) is 0 Å². The van der Waals surface area contributed by atoms with Crippen molar-refractivity contribution in [3.63, 3.8) is 0 Å². The van der Waals surface area contributed by atoms with Gasteiger partial charge in [-0.05, 0) is 51.9 Å². The summed E-state index contributed by atoms with van der Waals surface area (Å²) in [5.74, 6) is 1.64. The molecule has 110 valence electrons. The predicted octanol–water partition coefficient (Wildman–Crippen LogP) is 2.45. The van der Waals surface area contributed by atoms with Crippen molar-refractivity contribution in [2.45, 2.75) is 70.2 Å². The molecule has 2 nitrogen and oxygen atoms in total. The largest absolute Gasteiger partial charge is 0.326 e. The summed E-state index contributed by atoms with van der Waals surface area (Å²) in [4.78, 5) is 14.0. The van der Waals surface area contributed by atoms with Crippen molar-refractivity contribution in [3.05, 3.63) is 0 Å². The lowest BCUT2D eigenvalue weighted by molar-refractivity contribution is -0.924. The monoisotopic (exact) mass is 286 g/mol. The molecule has 1 aliphatic heterocycles. The van der Waals surface area contributed by atoms with E-state index in [0.29, 0.717) is 23.1 Å². The summed E-state index contributed by atoms with van der Waals surface area (Å²) in [5, 5.41) is 0.315. The highest BCUT2D eigenvalue weighted by molar-refractivity contribution is 6.20. The van der Waals surface area contributed by atoms with Crippen LogP contribution in [0.15, 0.2) is 0 Å². The molecule has 0 bridgehead atoms. The van der Waals surface area contributed by atoms with Gasteiger partial charge >= 0.3 is 0 Å². The molecule has 0 radical (unpaired) electrons. The number of halogens is 1. The minimum atomic E-state index is 0.303. The fraction of sp³-hybridized carbons (Fsp3) is 0.938. The van der Waals surface area contributed by atoms with Crippen molar-refractivity contribution >= 4 is 17.4 Å². The Morgan fingerprint density at radius 2 is 1.84 bits per heavy atom. The number of quaternary nitrogens is 1. The Balaban J connectivity index is 1.83. The van der Waals surface area contributed by atoms with E-state index in [1.54, 1.807) is 0 Å². The Bertz CT molecular complexity index is 299. The first kappa shape index (κ1) is 15.3. The molecule has 1 saturated carbocycles. The molecule has 3 unspecified atom stereocenters. The van der Waals surface area contributed by atoms with Gasteiger partial charge in [0.15, 0.2) is 5.78 Å². The topological polar surface area (TPSA) is 21.5 Å². The first-order chi connectivity index (χ1) is 9.10. The molecular weight excluding hydrogens is 258 g/mol. The average Bonchev–Trinajstić information content (AvgIpc) is 2.42. The van der Waals surface area contributed by atoms with Gasteiger partial charge in [-0.25, -0.2) is 0 Å². The van der Waals surface area contributed by atoms with E-state index in [1.165, 1.54) is 30.7 Å². The third-order valence-corrected chi connectivity index (χ3v) is 5.78. The zero-order valence-electron chi connectivity index (χ0n) is 12.5. The highest BCUT2D eigenvalue weighted by Gasteiger charge is 2.32. The van der Waals surface area contributed by atoms with Gasteiger partial charge in [0.25, 0.3) is 0 Å². The third-order valence-electron chi connectivity index (χ3n) is 5.35. The maximum absolute atomic E-state index is 12.4. The summed E-state index contributed by atoms with van der Waals surface area (Å²) in [6.45, 7) is 6.55. The van der Waals surface area contributed by atoms with Crippen LogP contribution in [0.4, 0.5) is 0 Å². The number of hydrogen-bond acceptors (Lipinski definition) is 1. The van der Waals surface area contributed by atoms with Crippen molar-refractivity contribution in [1.29, 1.82) is 0 Å². The minimum Gasteiger partial charge on any atom is -0.326 e. The summed E-state index contributed by atoms with van der Waals surface area (Å²) < 4.78 is 0. The molecule has 0 aromatic rings. The molecule has 19 heavy (non-hydrogen) atoms. The first-order valence-electron chi connectivity index (χ1n) is 8.11. The van der Waals surface area contributed by atoms with Crippen LogP contribution in [0.25, 0.3) is 0 Å². The predicted molar refractivity (Wildman–Crippen MR) is 79.8 cm³/mol. The van der Waals surface area contributed by atoms with Gasteiger partial charge in [0.05, 0.1) is 12.6 Å². The molecule has 2 aliphatic rings. The van der Waals surface area contributed by atoms with Gasteiger partial charge in [0, 0.05) is 17.2 Å². The van der Waals surface area contributed by atoms with Crippen molar-refractivity contribution in [2.75, 3.05) is 13.1 Å². The average molecular weight is 287 g/mol. The number of hydrogen-bond donors (Lipinski definition) is 1. The zero-order valence-corrected chi connectivity index (χ0v) is 13.2. The second-order valence-corrected chi connectivity index (χ2v) is 7.32. The molecule has 1 heterocycles. The second kappa shape index (κ2) is 7.08. The summed E-state index contributed by atoms with van der Waals surface area (Å²) in [6, 6.07) is 0.663. The van der Waals surface area contributed by atoms with E-state index in [2.05, 4.69) is 13.8 Å². The standard InChI is InChI=1S/C16H28ClNO/c1-3-13-5-4-12(2)18(10-13)11-16(19)14-6-8-15(17)9-7-14/h12-15H,3-11H2,1-2H3/p+1. The van der Waals surface area contributed by atoms with Crippen molar-refractivity contribution in [1.82, 2.24) is 0 Å². The number of nitrogens with one attached hydrogen (secondary N) is 1. The number of Topliss-reactive ketones (excluding diaryl/α,β-unsaturated/α-hetero) is 1. The van der Waals surface area contributed by atoms with Gasteiger partial charge in [0.2, 0.25) is 0 Å². The molecule has 3 heteroatoms. The zero-order chi connectivity index (χ0) is 13.8. The highest BCUT2D eigenvalue weighted by Crippen LogP contribution is 2.27. The second-order valence-electron chi connectivity index (χ2n) is 6.71. The molecule has 3 atom stereocenters. The molecule has 0 aromatic heterocycles. The van der Waals surface area contributed by atoms with E-state index in [1.807, 2.05) is 0 Å². The normalized spacial score (nSPS) is 40.1. The van der Waals surface area contributed by atoms with E-state index in [4.69, 9.17) is 11.6 Å². The molecule has 2 rings (SSSR count). The Labute approximate surface area is 122 Å². The van der Waals surface area contributed by atoms with Gasteiger partial charge in [-0.3, -0.25) is 4.79 Å². The van der Waals surface area contributed by atoms with Crippen LogP contribution in [0.1, 0.15) is 58.8 Å². The van der Waals surface area contributed by atoms with Gasteiger partial charge in [-0.15, -0.1) is 11.6 Å².